The molecule has 7 heteroatoms. The fraction of sp³-hybridized carbons (Fsp3) is 0.889. The van der Waals surface area contributed by atoms with Crippen molar-refractivity contribution in [2.24, 2.45) is 34.5 Å². The van der Waals surface area contributed by atoms with Crippen molar-refractivity contribution in [1.29, 1.82) is 0 Å². The SMILES string of the molecule is CC(CO)CC[C@@H](O)[C@](C)(O)[C@H]1CC[C@]2(O)C3=CC(=O)[C@@H]4C[C@@H](O)[C@@H](O)C[C@]4(C)[C@H]3CC[C@]12C. The van der Waals surface area contributed by atoms with Crippen LogP contribution in [0.1, 0.15) is 79.1 Å². The van der Waals surface area contributed by atoms with Gasteiger partial charge < -0.3 is 30.6 Å². The van der Waals surface area contributed by atoms with Gasteiger partial charge in [-0.25, -0.2) is 0 Å². The van der Waals surface area contributed by atoms with Gasteiger partial charge in [0.1, 0.15) is 0 Å². The van der Waals surface area contributed by atoms with Gasteiger partial charge in [-0.05, 0) is 93.1 Å². The minimum atomic E-state index is -1.42. The Balaban J connectivity index is 1.65. The van der Waals surface area contributed by atoms with E-state index < -0.39 is 40.3 Å². The molecule has 0 bridgehead atoms. The fourth-order valence-electron chi connectivity index (χ4n) is 8.37. The molecule has 0 saturated heterocycles. The quantitative estimate of drug-likeness (QED) is 0.340. The molecule has 34 heavy (non-hydrogen) atoms. The van der Waals surface area contributed by atoms with Crippen molar-refractivity contribution >= 4 is 5.78 Å². The molecule has 0 radical (unpaired) electrons. The molecule has 7 nitrogen and oxygen atoms in total. The maximum absolute atomic E-state index is 13.3. The fourth-order valence-corrected chi connectivity index (χ4v) is 8.37. The van der Waals surface area contributed by atoms with E-state index in [9.17, 15) is 35.4 Å². The number of ketones is 1. The molecule has 4 aliphatic rings. The zero-order valence-corrected chi connectivity index (χ0v) is 21.1. The standard InChI is InChI=1S/C27H44O7/c1-15(14-28)5-6-23(32)26(4,33)22-8-10-27(34)17-11-19(29)18-12-20(30)21(31)13-24(18,2)16(17)7-9-25(22,27)3/h11,15-16,18,20-23,28,30-34H,5-10,12-14H2,1-4H3/t15?,16-,18-,20+,21-,22-,23+,24+,25+,26+,27-/m0/s1. The first-order chi connectivity index (χ1) is 15.7. The highest BCUT2D eigenvalue weighted by atomic mass is 16.3. The number of hydrogen-bond acceptors (Lipinski definition) is 7. The zero-order valence-electron chi connectivity index (χ0n) is 21.1. The monoisotopic (exact) mass is 480 g/mol. The predicted octanol–water partition coefficient (Wildman–Crippen LogP) is 1.71. The highest BCUT2D eigenvalue weighted by Gasteiger charge is 2.69. The molecule has 0 heterocycles. The molecule has 0 aromatic rings. The number of carbonyl (C=O) groups excluding carboxylic acids is 1. The van der Waals surface area contributed by atoms with Crippen LogP contribution in [-0.2, 0) is 4.79 Å². The van der Waals surface area contributed by atoms with Gasteiger partial charge in [-0.15, -0.1) is 0 Å². The summed E-state index contributed by atoms with van der Waals surface area (Å²) in [6.45, 7) is 7.59. The van der Waals surface area contributed by atoms with E-state index in [-0.39, 0.29) is 42.5 Å². The van der Waals surface area contributed by atoms with Crippen LogP contribution in [0.3, 0.4) is 0 Å². The summed E-state index contributed by atoms with van der Waals surface area (Å²) in [6.07, 6.45) is 2.65. The Bertz CT molecular complexity index is 839. The van der Waals surface area contributed by atoms with Crippen LogP contribution >= 0.6 is 0 Å². The Morgan fingerprint density at radius 3 is 2.44 bits per heavy atom. The molecule has 11 atom stereocenters. The Labute approximate surface area is 202 Å². The first-order valence-electron chi connectivity index (χ1n) is 13.1. The van der Waals surface area contributed by atoms with Gasteiger partial charge in [0.05, 0.1) is 29.5 Å². The van der Waals surface area contributed by atoms with Crippen LogP contribution in [0.4, 0.5) is 0 Å². The molecular weight excluding hydrogens is 436 g/mol. The van der Waals surface area contributed by atoms with E-state index in [1.54, 1.807) is 13.0 Å². The van der Waals surface area contributed by atoms with Crippen LogP contribution in [-0.4, -0.2) is 72.5 Å². The van der Waals surface area contributed by atoms with Crippen molar-refractivity contribution in [2.45, 2.75) is 109 Å². The lowest BCUT2D eigenvalue weighted by molar-refractivity contribution is -0.176. The van der Waals surface area contributed by atoms with E-state index in [0.29, 0.717) is 38.5 Å². The van der Waals surface area contributed by atoms with Gasteiger partial charge in [0.2, 0.25) is 0 Å². The highest BCUT2D eigenvalue weighted by Crippen LogP contribution is 2.68. The third kappa shape index (κ3) is 3.65. The van der Waals surface area contributed by atoms with Gasteiger partial charge in [0.25, 0.3) is 0 Å². The predicted molar refractivity (Wildman–Crippen MR) is 127 cm³/mol. The lowest BCUT2D eigenvalue weighted by Crippen LogP contribution is -2.62. The van der Waals surface area contributed by atoms with Crippen LogP contribution < -0.4 is 0 Å². The molecule has 4 aliphatic carbocycles. The van der Waals surface area contributed by atoms with Gasteiger partial charge in [0.15, 0.2) is 5.78 Å². The zero-order chi connectivity index (χ0) is 25.3. The lowest BCUT2D eigenvalue weighted by Gasteiger charge is -2.60. The van der Waals surface area contributed by atoms with Crippen molar-refractivity contribution in [2.75, 3.05) is 6.61 Å². The molecule has 6 N–H and O–H groups in total. The summed E-state index contributed by atoms with van der Waals surface area (Å²) in [4.78, 5) is 13.3. The summed E-state index contributed by atoms with van der Waals surface area (Å²) in [7, 11) is 0. The number of fused-ring (bicyclic) bond motifs is 5. The molecule has 1 unspecified atom stereocenters. The molecule has 3 saturated carbocycles. The molecule has 0 aromatic carbocycles. The summed E-state index contributed by atoms with van der Waals surface area (Å²) in [5.74, 6) is -0.859. The molecule has 0 aliphatic heterocycles. The molecular formula is C27H44O7. The summed E-state index contributed by atoms with van der Waals surface area (Å²) in [6, 6.07) is 0. The number of aliphatic hydroxyl groups is 6. The van der Waals surface area contributed by atoms with Crippen LogP contribution in [0.2, 0.25) is 0 Å². The highest BCUT2D eigenvalue weighted by molar-refractivity contribution is 5.95. The van der Waals surface area contributed by atoms with Gasteiger partial charge >= 0.3 is 0 Å². The van der Waals surface area contributed by atoms with Gasteiger partial charge in [-0.2, -0.15) is 0 Å². The Morgan fingerprint density at radius 2 is 1.79 bits per heavy atom. The smallest absolute Gasteiger partial charge is 0.159 e. The van der Waals surface area contributed by atoms with Crippen molar-refractivity contribution in [1.82, 2.24) is 0 Å². The number of rotatable bonds is 6. The number of hydrogen-bond donors (Lipinski definition) is 6. The Hall–Kier alpha value is -0.830. The second kappa shape index (κ2) is 8.63. The average molecular weight is 481 g/mol. The molecule has 0 spiro atoms. The summed E-state index contributed by atoms with van der Waals surface area (Å²) in [5.41, 5.74) is -3.21. The van der Waals surface area contributed by atoms with E-state index in [1.807, 2.05) is 20.8 Å². The third-order valence-electron chi connectivity index (χ3n) is 10.7. The molecule has 4 rings (SSSR count). The van der Waals surface area contributed by atoms with E-state index in [1.165, 1.54) is 0 Å². The minimum Gasteiger partial charge on any atom is -0.396 e. The maximum atomic E-state index is 13.3. The van der Waals surface area contributed by atoms with E-state index in [2.05, 4.69) is 0 Å². The average Bonchev–Trinajstić information content (AvgIpc) is 3.06. The largest absolute Gasteiger partial charge is 0.396 e. The van der Waals surface area contributed by atoms with E-state index >= 15 is 0 Å². The van der Waals surface area contributed by atoms with E-state index in [0.717, 1.165) is 12.0 Å². The van der Waals surface area contributed by atoms with Crippen LogP contribution in [0.25, 0.3) is 0 Å². The first kappa shape index (κ1) is 26.2. The van der Waals surface area contributed by atoms with Crippen molar-refractivity contribution < 1.29 is 35.4 Å². The molecule has 0 amide bonds. The topological polar surface area (TPSA) is 138 Å². The van der Waals surface area contributed by atoms with Crippen molar-refractivity contribution in [3.63, 3.8) is 0 Å². The van der Waals surface area contributed by atoms with Gasteiger partial charge in [-0.3, -0.25) is 4.79 Å². The molecule has 0 aromatic heterocycles. The minimum absolute atomic E-state index is 0.0326. The van der Waals surface area contributed by atoms with Crippen LogP contribution in [0.15, 0.2) is 11.6 Å². The van der Waals surface area contributed by atoms with Crippen molar-refractivity contribution in [3.8, 4) is 0 Å². The van der Waals surface area contributed by atoms with Gasteiger partial charge in [0, 0.05) is 17.9 Å². The normalized spacial score (nSPS) is 47.6. The Kier molecular flexibility index (Phi) is 6.66. The number of aliphatic hydroxyl groups excluding tert-OH is 4. The molecule has 194 valence electrons. The summed E-state index contributed by atoms with van der Waals surface area (Å²) >= 11 is 0. The van der Waals surface area contributed by atoms with Crippen LogP contribution in [0, 0.1) is 34.5 Å². The first-order valence-corrected chi connectivity index (χ1v) is 13.1. The Morgan fingerprint density at radius 1 is 1.12 bits per heavy atom. The third-order valence-corrected chi connectivity index (χ3v) is 10.7. The maximum Gasteiger partial charge on any atom is 0.159 e. The van der Waals surface area contributed by atoms with E-state index in [4.69, 9.17) is 0 Å². The number of allylic oxidation sites excluding steroid dienone is 1. The number of carbonyl (C=O) groups is 1. The summed E-state index contributed by atoms with van der Waals surface area (Å²) < 4.78 is 0. The van der Waals surface area contributed by atoms with Gasteiger partial charge in [-0.1, -0.05) is 20.8 Å². The van der Waals surface area contributed by atoms with Crippen LogP contribution in [0.5, 0.6) is 0 Å². The second-order valence-corrected chi connectivity index (χ2v) is 12.7. The lowest BCUT2D eigenvalue weighted by atomic mass is 9.45. The molecule has 3 fully saturated rings. The summed E-state index contributed by atoms with van der Waals surface area (Å²) in [5, 5.41) is 64.7. The second-order valence-electron chi connectivity index (χ2n) is 12.7. The van der Waals surface area contributed by atoms with Crippen molar-refractivity contribution in [3.05, 3.63) is 11.6 Å².